The smallest absolute Gasteiger partial charge is 0.263 e. The molecule has 19 heavy (non-hydrogen) atoms. The lowest BCUT2D eigenvalue weighted by Gasteiger charge is -2.22. The van der Waals surface area contributed by atoms with Crippen LogP contribution in [-0.4, -0.2) is 21.9 Å². The molecule has 0 atom stereocenters. The van der Waals surface area contributed by atoms with Gasteiger partial charge in [0.25, 0.3) is 11.5 Å². The summed E-state index contributed by atoms with van der Waals surface area (Å²) >= 11 is 0. The molecule has 1 amide bonds. The van der Waals surface area contributed by atoms with Crippen molar-refractivity contribution in [2.75, 3.05) is 0 Å². The molecule has 2 fully saturated rings. The Morgan fingerprint density at radius 3 is 2.58 bits per heavy atom. The number of aromatic nitrogens is 2. The van der Waals surface area contributed by atoms with Crippen molar-refractivity contribution in [1.82, 2.24) is 15.3 Å². The SMILES string of the molecule is O=C(NC1CCCCC1)c1cnc(C2CC2)[nH]c1=O. The molecule has 1 heterocycles. The third-order valence-electron chi connectivity index (χ3n) is 3.97. The first-order chi connectivity index (χ1) is 9.24. The molecule has 5 heteroatoms. The van der Waals surface area contributed by atoms with Gasteiger partial charge in [-0.3, -0.25) is 9.59 Å². The molecule has 0 bridgehead atoms. The predicted octanol–water partition coefficient (Wildman–Crippen LogP) is 1.71. The lowest BCUT2D eigenvalue weighted by molar-refractivity contribution is 0.0925. The second kappa shape index (κ2) is 5.15. The number of hydrogen-bond acceptors (Lipinski definition) is 3. The number of carbonyl (C=O) groups excluding carboxylic acids is 1. The Balaban J connectivity index is 1.70. The van der Waals surface area contributed by atoms with Gasteiger partial charge in [0.2, 0.25) is 0 Å². The minimum absolute atomic E-state index is 0.134. The van der Waals surface area contributed by atoms with Crippen LogP contribution in [0.2, 0.25) is 0 Å². The van der Waals surface area contributed by atoms with E-state index in [1.165, 1.54) is 12.6 Å². The van der Waals surface area contributed by atoms with E-state index in [0.29, 0.717) is 5.92 Å². The Kier molecular flexibility index (Phi) is 3.36. The van der Waals surface area contributed by atoms with E-state index in [0.717, 1.165) is 44.3 Å². The fourth-order valence-corrected chi connectivity index (χ4v) is 2.64. The first-order valence-corrected chi connectivity index (χ1v) is 7.14. The van der Waals surface area contributed by atoms with Crippen LogP contribution in [-0.2, 0) is 0 Å². The second-order valence-electron chi connectivity index (χ2n) is 5.59. The van der Waals surface area contributed by atoms with Crippen molar-refractivity contribution in [2.45, 2.75) is 56.9 Å². The Hall–Kier alpha value is -1.65. The Labute approximate surface area is 111 Å². The van der Waals surface area contributed by atoms with E-state index in [4.69, 9.17) is 0 Å². The summed E-state index contributed by atoms with van der Waals surface area (Å²) in [6.07, 6.45) is 9.15. The quantitative estimate of drug-likeness (QED) is 0.869. The summed E-state index contributed by atoms with van der Waals surface area (Å²) in [6.45, 7) is 0. The lowest BCUT2D eigenvalue weighted by atomic mass is 9.95. The monoisotopic (exact) mass is 261 g/mol. The standard InChI is InChI=1S/C14H19N3O2/c18-13(16-10-4-2-1-3-5-10)11-8-15-12(9-6-7-9)17-14(11)19/h8-10H,1-7H2,(H,16,18)(H,15,17,19). The molecule has 0 saturated heterocycles. The number of nitrogens with zero attached hydrogens (tertiary/aromatic N) is 1. The minimum atomic E-state index is -0.315. The molecule has 1 aromatic rings. The van der Waals surface area contributed by atoms with E-state index in [9.17, 15) is 9.59 Å². The highest BCUT2D eigenvalue weighted by Crippen LogP contribution is 2.37. The Morgan fingerprint density at radius 1 is 1.21 bits per heavy atom. The molecule has 0 spiro atoms. The molecule has 5 nitrogen and oxygen atoms in total. The van der Waals surface area contributed by atoms with E-state index >= 15 is 0 Å². The minimum Gasteiger partial charge on any atom is -0.349 e. The van der Waals surface area contributed by atoms with Gasteiger partial charge in [-0.2, -0.15) is 0 Å². The van der Waals surface area contributed by atoms with Crippen LogP contribution in [0.4, 0.5) is 0 Å². The van der Waals surface area contributed by atoms with Crippen molar-refractivity contribution in [1.29, 1.82) is 0 Å². The molecular weight excluding hydrogens is 242 g/mol. The molecule has 1 aromatic heterocycles. The van der Waals surface area contributed by atoms with Gasteiger partial charge in [0.15, 0.2) is 0 Å². The van der Waals surface area contributed by atoms with E-state index in [-0.39, 0.29) is 23.1 Å². The highest BCUT2D eigenvalue weighted by Gasteiger charge is 2.27. The summed E-state index contributed by atoms with van der Waals surface area (Å²) in [6, 6.07) is 0.212. The average Bonchev–Trinajstić information content (AvgIpc) is 3.24. The highest BCUT2D eigenvalue weighted by atomic mass is 16.2. The third-order valence-corrected chi connectivity index (χ3v) is 3.97. The molecular formula is C14H19N3O2. The maximum absolute atomic E-state index is 12.1. The third kappa shape index (κ3) is 2.85. The van der Waals surface area contributed by atoms with Gasteiger partial charge in [0, 0.05) is 18.2 Å². The van der Waals surface area contributed by atoms with Crippen LogP contribution in [0, 0.1) is 0 Å². The number of nitrogens with one attached hydrogen (secondary N) is 2. The summed E-state index contributed by atoms with van der Waals surface area (Å²) in [5.41, 5.74) is -0.180. The molecule has 2 aliphatic rings. The topological polar surface area (TPSA) is 74.8 Å². The Bertz CT molecular complexity index is 528. The van der Waals surface area contributed by atoms with Crippen molar-refractivity contribution in [3.8, 4) is 0 Å². The zero-order valence-electron chi connectivity index (χ0n) is 10.9. The zero-order valence-corrected chi connectivity index (χ0v) is 10.9. The van der Waals surface area contributed by atoms with Gasteiger partial charge >= 0.3 is 0 Å². The van der Waals surface area contributed by atoms with Gasteiger partial charge in [-0.05, 0) is 25.7 Å². The van der Waals surface area contributed by atoms with E-state index in [2.05, 4.69) is 15.3 Å². The summed E-state index contributed by atoms with van der Waals surface area (Å²) in [5, 5.41) is 2.94. The van der Waals surface area contributed by atoms with Gasteiger partial charge in [0.1, 0.15) is 11.4 Å². The normalized spacial score (nSPS) is 20.2. The molecule has 2 N–H and O–H groups in total. The van der Waals surface area contributed by atoms with Crippen LogP contribution in [0.5, 0.6) is 0 Å². The largest absolute Gasteiger partial charge is 0.349 e. The maximum atomic E-state index is 12.1. The predicted molar refractivity (Wildman–Crippen MR) is 71.2 cm³/mol. The molecule has 0 unspecified atom stereocenters. The van der Waals surface area contributed by atoms with Crippen LogP contribution in [0.15, 0.2) is 11.0 Å². The number of aromatic amines is 1. The number of rotatable bonds is 3. The highest BCUT2D eigenvalue weighted by molar-refractivity contribution is 5.93. The number of carbonyl (C=O) groups is 1. The Morgan fingerprint density at radius 2 is 1.95 bits per heavy atom. The lowest BCUT2D eigenvalue weighted by Crippen LogP contribution is -2.39. The van der Waals surface area contributed by atoms with Gasteiger partial charge in [-0.15, -0.1) is 0 Å². The molecule has 0 aromatic carbocycles. The molecule has 102 valence electrons. The second-order valence-corrected chi connectivity index (χ2v) is 5.59. The number of H-pyrrole nitrogens is 1. The van der Waals surface area contributed by atoms with E-state index in [1.54, 1.807) is 0 Å². The summed E-state index contributed by atoms with van der Waals surface area (Å²) < 4.78 is 0. The van der Waals surface area contributed by atoms with Crippen LogP contribution in [0.25, 0.3) is 0 Å². The van der Waals surface area contributed by atoms with Gasteiger partial charge in [-0.1, -0.05) is 19.3 Å². The zero-order chi connectivity index (χ0) is 13.2. The maximum Gasteiger partial charge on any atom is 0.263 e. The van der Waals surface area contributed by atoms with Gasteiger partial charge < -0.3 is 10.3 Å². The van der Waals surface area contributed by atoms with Crippen LogP contribution in [0.3, 0.4) is 0 Å². The number of hydrogen-bond donors (Lipinski definition) is 2. The van der Waals surface area contributed by atoms with Crippen molar-refractivity contribution in [3.63, 3.8) is 0 Å². The van der Waals surface area contributed by atoms with Crippen molar-refractivity contribution < 1.29 is 4.79 Å². The summed E-state index contributed by atoms with van der Waals surface area (Å²) in [7, 11) is 0. The van der Waals surface area contributed by atoms with Gasteiger partial charge in [0.05, 0.1) is 0 Å². The molecule has 2 aliphatic carbocycles. The van der Waals surface area contributed by atoms with Crippen molar-refractivity contribution in [2.24, 2.45) is 0 Å². The first kappa shape index (κ1) is 12.4. The fraction of sp³-hybridized carbons (Fsp3) is 0.643. The molecule has 3 rings (SSSR count). The molecule has 0 aliphatic heterocycles. The van der Waals surface area contributed by atoms with Crippen LogP contribution < -0.4 is 10.9 Å². The van der Waals surface area contributed by atoms with E-state index in [1.807, 2.05) is 0 Å². The summed E-state index contributed by atoms with van der Waals surface area (Å²) in [4.78, 5) is 30.9. The summed E-state index contributed by atoms with van der Waals surface area (Å²) in [5.74, 6) is 0.824. The van der Waals surface area contributed by atoms with Crippen molar-refractivity contribution >= 4 is 5.91 Å². The molecule has 2 saturated carbocycles. The van der Waals surface area contributed by atoms with E-state index < -0.39 is 0 Å². The number of amides is 1. The first-order valence-electron chi connectivity index (χ1n) is 7.14. The van der Waals surface area contributed by atoms with Crippen molar-refractivity contribution in [3.05, 3.63) is 27.9 Å². The van der Waals surface area contributed by atoms with Gasteiger partial charge in [-0.25, -0.2) is 4.98 Å². The fourth-order valence-electron chi connectivity index (χ4n) is 2.64. The molecule has 0 radical (unpaired) electrons. The van der Waals surface area contributed by atoms with Crippen LogP contribution >= 0.6 is 0 Å². The van der Waals surface area contributed by atoms with Crippen LogP contribution in [0.1, 0.15) is 67.0 Å². The average molecular weight is 261 g/mol.